The van der Waals surface area contributed by atoms with Crippen molar-refractivity contribution >= 4 is 28.9 Å². The maximum absolute atomic E-state index is 13.3. The standard InChI is InChI=1S/C22H17N3O5/c26-21-16-14-10-15(17(16)22(27)24(21)12-4-2-1-3-5-12)20-18(14)19(23-30-20)11-6-8-13(9-7-11)25(28)29/h1-9,14-18,20H,10H2/t14-,15+,16-,17+,18+,20-/m1/s1. The van der Waals surface area contributed by atoms with Crippen molar-refractivity contribution < 1.29 is 19.3 Å². The molecule has 2 aliphatic carbocycles. The number of hydrogen-bond donors (Lipinski definition) is 0. The Kier molecular flexibility index (Phi) is 3.45. The predicted molar refractivity (Wildman–Crippen MR) is 106 cm³/mol. The van der Waals surface area contributed by atoms with Gasteiger partial charge in [0, 0.05) is 29.5 Å². The van der Waals surface area contributed by atoms with Crippen molar-refractivity contribution in [2.45, 2.75) is 12.5 Å². The molecule has 8 heteroatoms. The molecule has 2 aromatic carbocycles. The molecule has 4 aliphatic rings. The van der Waals surface area contributed by atoms with E-state index in [0.717, 1.165) is 17.7 Å². The van der Waals surface area contributed by atoms with E-state index >= 15 is 0 Å². The lowest BCUT2D eigenvalue weighted by atomic mass is 9.71. The summed E-state index contributed by atoms with van der Waals surface area (Å²) in [5.41, 5.74) is 2.10. The number of rotatable bonds is 3. The maximum Gasteiger partial charge on any atom is 0.269 e. The summed E-state index contributed by atoms with van der Waals surface area (Å²) >= 11 is 0. The zero-order chi connectivity index (χ0) is 20.6. The van der Waals surface area contributed by atoms with E-state index in [1.54, 1.807) is 24.3 Å². The second-order valence-corrected chi connectivity index (χ2v) is 8.34. The Hall–Kier alpha value is -3.55. The van der Waals surface area contributed by atoms with E-state index in [9.17, 15) is 19.7 Å². The van der Waals surface area contributed by atoms with E-state index in [1.807, 2.05) is 18.2 Å². The summed E-state index contributed by atoms with van der Waals surface area (Å²) in [5.74, 6) is -1.16. The lowest BCUT2D eigenvalue weighted by Crippen LogP contribution is -2.41. The highest BCUT2D eigenvalue weighted by Crippen LogP contribution is 2.62. The molecule has 8 nitrogen and oxygen atoms in total. The monoisotopic (exact) mass is 403 g/mol. The number of anilines is 1. The van der Waals surface area contributed by atoms with Crippen LogP contribution in [-0.4, -0.2) is 28.6 Å². The molecule has 2 saturated carbocycles. The number of non-ortho nitro benzene ring substituents is 1. The van der Waals surface area contributed by atoms with Crippen LogP contribution in [0, 0.1) is 39.7 Å². The Morgan fingerprint density at radius 3 is 2.27 bits per heavy atom. The summed E-state index contributed by atoms with van der Waals surface area (Å²) in [6.07, 6.45) is 0.533. The number of para-hydroxylation sites is 1. The number of nitro groups is 1. The molecule has 0 unspecified atom stereocenters. The third kappa shape index (κ3) is 2.13. The number of imide groups is 1. The summed E-state index contributed by atoms with van der Waals surface area (Å²) in [6, 6.07) is 15.3. The molecule has 0 spiro atoms. The number of fused-ring (bicyclic) bond motifs is 8. The van der Waals surface area contributed by atoms with Crippen LogP contribution in [0.25, 0.3) is 0 Å². The van der Waals surface area contributed by atoms with Crippen molar-refractivity contribution in [2.24, 2.45) is 34.7 Å². The number of carbonyl (C=O) groups excluding carboxylic acids is 2. The number of benzene rings is 2. The Balaban J connectivity index is 1.33. The van der Waals surface area contributed by atoms with Crippen molar-refractivity contribution in [3.8, 4) is 0 Å². The molecule has 2 bridgehead atoms. The molecule has 2 amide bonds. The van der Waals surface area contributed by atoms with Crippen LogP contribution in [0.1, 0.15) is 12.0 Å². The van der Waals surface area contributed by atoms with E-state index in [2.05, 4.69) is 5.16 Å². The average Bonchev–Trinajstić information content (AvgIpc) is 3.49. The van der Waals surface area contributed by atoms with Crippen LogP contribution in [0.4, 0.5) is 11.4 Å². The SMILES string of the molecule is O=C1[C@@H]2[C@H]3C[C@H]([C@H]4ON=C(c5ccc([N+](=O)[O-])cc5)[C@H]34)[C@@H]2C(=O)N1c1ccccc1. The maximum atomic E-state index is 13.3. The highest BCUT2D eigenvalue weighted by molar-refractivity contribution is 6.23. The van der Waals surface area contributed by atoms with Gasteiger partial charge in [0.25, 0.3) is 5.69 Å². The average molecular weight is 403 g/mol. The number of oxime groups is 1. The molecule has 2 heterocycles. The molecule has 6 rings (SSSR count). The first-order valence-corrected chi connectivity index (χ1v) is 9.97. The second-order valence-electron chi connectivity index (χ2n) is 8.34. The molecule has 150 valence electrons. The molecule has 30 heavy (non-hydrogen) atoms. The van der Waals surface area contributed by atoms with Gasteiger partial charge in [-0.2, -0.15) is 0 Å². The number of amides is 2. The summed E-state index contributed by atoms with van der Waals surface area (Å²) in [4.78, 5) is 44.1. The molecule has 6 atom stereocenters. The first-order valence-electron chi connectivity index (χ1n) is 9.97. The molecular formula is C22H17N3O5. The van der Waals surface area contributed by atoms with Gasteiger partial charge in [-0.05, 0) is 36.6 Å². The Bertz CT molecular complexity index is 1110. The first-order chi connectivity index (χ1) is 14.6. The number of nitro benzene ring substituents is 1. The van der Waals surface area contributed by atoms with Gasteiger partial charge in [-0.15, -0.1) is 0 Å². The van der Waals surface area contributed by atoms with Gasteiger partial charge in [-0.1, -0.05) is 23.4 Å². The van der Waals surface area contributed by atoms with Crippen molar-refractivity contribution in [1.29, 1.82) is 0 Å². The molecule has 2 aliphatic heterocycles. The first kappa shape index (κ1) is 17.3. The van der Waals surface area contributed by atoms with Crippen LogP contribution in [0.15, 0.2) is 59.8 Å². The van der Waals surface area contributed by atoms with Crippen LogP contribution in [0.3, 0.4) is 0 Å². The fourth-order valence-electron chi connectivity index (χ4n) is 5.95. The number of hydrogen-bond acceptors (Lipinski definition) is 6. The van der Waals surface area contributed by atoms with Crippen molar-refractivity contribution in [3.63, 3.8) is 0 Å². The fourth-order valence-corrected chi connectivity index (χ4v) is 5.95. The Morgan fingerprint density at radius 1 is 0.933 bits per heavy atom. The van der Waals surface area contributed by atoms with Gasteiger partial charge >= 0.3 is 0 Å². The molecule has 2 aromatic rings. The quantitative estimate of drug-likeness (QED) is 0.445. The second kappa shape index (κ2) is 5.98. The highest BCUT2D eigenvalue weighted by atomic mass is 16.6. The highest BCUT2D eigenvalue weighted by Gasteiger charge is 2.70. The van der Waals surface area contributed by atoms with Crippen LogP contribution >= 0.6 is 0 Å². The van der Waals surface area contributed by atoms with E-state index in [0.29, 0.717) is 5.69 Å². The van der Waals surface area contributed by atoms with Crippen LogP contribution < -0.4 is 4.90 Å². The Labute approximate surface area is 171 Å². The smallest absolute Gasteiger partial charge is 0.269 e. The molecule has 3 fully saturated rings. The minimum Gasteiger partial charge on any atom is -0.391 e. The molecule has 0 radical (unpaired) electrons. The fraction of sp³-hybridized carbons (Fsp3) is 0.318. The minimum absolute atomic E-state index is 0.0119. The third-order valence-corrected chi connectivity index (χ3v) is 7.08. The van der Waals surface area contributed by atoms with E-state index in [1.165, 1.54) is 17.0 Å². The number of carbonyl (C=O) groups is 2. The zero-order valence-electron chi connectivity index (χ0n) is 15.8. The summed E-state index contributed by atoms with van der Waals surface area (Å²) in [6.45, 7) is 0. The van der Waals surface area contributed by atoms with E-state index < -0.39 is 4.92 Å². The molecular weight excluding hydrogens is 386 g/mol. The van der Waals surface area contributed by atoms with Gasteiger partial charge in [0.1, 0.15) is 6.10 Å². The van der Waals surface area contributed by atoms with Gasteiger partial charge in [-0.3, -0.25) is 24.6 Å². The lowest BCUT2D eigenvalue weighted by Gasteiger charge is -2.29. The number of nitrogens with zero attached hydrogens (tertiary/aromatic N) is 3. The van der Waals surface area contributed by atoms with Gasteiger partial charge in [0.2, 0.25) is 11.8 Å². The predicted octanol–water partition coefficient (Wildman–Crippen LogP) is 2.77. The van der Waals surface area contributed by atoms with Crippen molar-refractivity contribution in [3.05, 3.63) is 70.3 Å². The molecule has 0 aromatic heterocycles. The topological polar surface area (TPSA) is 102 Å². The van der Waals surface area contributed by atoms with Gasteiger partial charge in [0.15, 0.2) is 0 Å². The summed E-state index contributed by atoms with van der Waals surface area (Å²) in [7, 11) is 0. The van der Waals surface area contributed by atoms with Crippen molar-refractivity contribution in [2.75, 3.05) is 4.90 Å². The van der Waals surface area contributed by atoms with Crippen LogP contribution in [0.5, 0.6) is 0 Å². The zero-order valence-corrected chi connectivity index (χ0v) is 15.8. The third-order valence-electron chi connectivity index (χ3n) is 7.08. The van der Waals surface area contributed by atoms with Crippen molar-refractivity contribution in [1.82, 2.24) is 0 Å². The largest absolute Gasteiger partial charge is 0.391 e. The molecule has 0 N–H and O–H groups in total. The van der Waals surface area contributed by atoms with E-state index in [-0.39, 0.29) is 53.2 Å². The summed E-state index contributed by atoms with van der Waals surface area (Å²) < 4.78 is 0. The normalized spacial score (nSPS) is 33.3. The van der Waals surface area contributed by atoms with Gasteiger partial charge in [0.05, 0.1) is 28.2 Å². The lowest BCUT2D eigenvalue weighted by molar-refractivity contribution is -0.384. The molecule has 1 saturated heterocycles. The van der Waals surface area contributed by atoms with Gasteiger partial charge in [-0.25, -0.2) is 0 Å². The van der Waals surface area contributed by atoms with Crippen LogP contribution in [-0.2, 0) is 14.4 Å². The van der Waals surface area contributed by atoms with Crippen LogP contribution in [0.2, 0.25) is 0 Å². The Morgan fingerprint density at radius 2 is 1.60 bits per heavy atom. The summed E-state index contributed by atoms with van der Waals surface area (Å²) in [5, 5.41) is 15.2. The van der Waals surface area contributed by atoms with E-state index in [4.69, 9.17) is 4.84 Å². The minimum atomic E-state index is -0.442. The van der Waals surface area contributed by atoms with Gasteiger partial charge < -0.3 is 4.84 Å².